The van der Waals surface area contributed by atoms with Crippen LogP contribution in [0.15, 0.2) is 34.9 Å². The standard InChI is InChI=1S/C26H31N5O4/c1-29-23-20(28-24(29)21-10-16-7-8-35-26(16)31(21)12-15-3-4-15)9-17(11-22(23)34-2)25(33)30-13-18(27)5-6-19(30)14-32/h7-11,15,18-19,32H,3-6,12-14,27H2,1-2H3/t18-,19-/m1/s1. The van der Waals surface area contributed by atoms with E-state index in [1.54, 1.807) is 24.3 Å². The summed E-state index contributed by atoms with van der Waals surface area (Å²) >= 11 is 0. The lowest BCUT2D eigenvalue weighted by Gasteiger charge is -2.37. The zero-order valence-electron chi connectivity index (χ0n) is 20.1. The number of aliphatic hydroxyl groups excluding tert-OH is 1. The van der Waals surface area contributed by atoms with E-state index in [0.717, 1.165) is 41.1 Å². The first-order chi connectivity index (χ1) is 17.0. The predicted octanol–water partition coefficient (Wildman–Crippen LogP) is 3.13. The summed E-state index contributed by atoms with van der Waals surface area (Å²) < 4.78 is 15.8. The molecule has 1 saturated carbocycles. The summed E-state index contributed by atoms with van der Waals surface area (Å²) in [5.41, 5.74) is 9.98. The molecule has 2 atom stereocenters. The second-order valence-corrected chi connectivity index (χ2v) is 9.94. The highest BCUT2D eigenvalue weighted by molar-refractivity contribution is 6.00. The van der Waals surface area contributed by atoms with Crippen LogP contribution in [0.2, 0.25) is 0 Å². The number of benzene rings is 1. The van der Waals surface area contributed by atoms with Gasteiger partial charge in [0.2, 0.25) is 5.71 Å². The van der Waals surface area contributed by atoms with E-state index in [1.165, 1.54) is 12.8 Å². The van der Waals surface area contributed by atoms with Crippen molar-refractivity contribution in [2.75, 3.05) is 20.3 Å². The number of furan rings is 1. The first kappa shape index (κ1) is 22.2. The van der Waals surface area contributed by atoms with E-state index in [9.17, 15) is 9.90 Å². The molecule has 0 radical (unpaired) electrons. The van der Waals surface area contributed by atoms with Crippen LogP contribution in [0.4, 0.5) is 0 Å². The summed E-state index contributed by atoms with van der Waals surface area (Å²) in [4.78, 5) is 20.2. The van der Waals surface area contributed by atoms with Crippen LogP contribution >= 0.6 is 0 Å². The fourth-order valence-corrected chi connectivity index (χ4v) is 5.38. The van der Waals surface area contributed by atoms with Gasteiger partial charge in [0.15, 0.2) is 5.82 Å². The van der Waals surface area contributed by atoms with Gasteiger partial charge in [0, 0.05) is 37.1 Å². The quantitative estimate of drug-likeness (QED) is 0.441. The Kier molecular flexibility index (Phi) is 5.34. The minimum atomic E-state index is -0.232. The highest BCUT2D eigenvalue weighted by atomic mass is 16.5. The number of carbonyl (C=O) groups excluding carboxylic acids is 1. The van der Waals surface area contributed by atoms with Crippen LogP contribution in [0.5, 0.6) is 5.75 Å². The Labute approximate surface area is 203 Å². The Morgan fingerprint density at radius 1 is 1.26 bits per heavy atom. The Balaban J connectivity index is 1.45. The molecule has 0 unspecified atom stereocenters. The minimum Gasteiger partial charge on any atom is -0.494 e. The van der Waals surface area contributed by atoms with Crippen molar-refractivity contribution in [3.05, 3.63) is 36.1 Å². The zero-order valence-corrected chi connectivity index (χ0v) is 20.1. The average Bonchev–Trinajstić information content (AvgIpc) is 3.31. The number of ether oxygens (including phenoxy) is 1. The van der Waals surface area contributed by atoms with Gasteiger partial charge in [-0.2, -0.15) is 0 Å². The first-order valence-corrected chi connectivity index (χ1v) is 12.3. The number of hydrogen-bond donors (Lipinski definition) is 2. The summed E-state index contributed by atoms with van der Waals surface area (Å²) in [7, 11) is 3.57. The van der Waals surface area contributed by atoms with Gasteiger partial charge in [0.1, 0.15) is 11.3 Å². The van der Waals surface area contributed by atoms with Crippen LogP contribution in [0.25, 0.3) is 33.7 Å². The number of hydrogen-bond acceptors (Lipinski definition) is 6. The van der Waals surface area contributed by atoms with Gasteiger partial charge in [-0.1, -0.05) is 0 Å². The molecule has 6 rings (SSSR count). The van der Waals surface area contributed by atoms with Crippen LogP contribution < -0.4 is 10.5 Å². The molecule has 0 bridgehead atoms. The lowest BCUT2D eigenvalue weighted by atomic mass is 9.98. The molecule has 0 spiro atoms. The monoisotopic (exact) mass is 477 g/mol. The van der Waals surface area contributed by atoms with Crippen molar-refractivity contribution in [2.24, 2.45) is 18.7 Å². The number of aromatic nitrogens is 3. The lowest BCUT2D eigenvalue weighted by molar-refractivity contribution is 0.0472. The lowest BCUT2D eigenvalue weighted by Crippen LogP contribution is -2.52. The molecule has 1 saturated heterocycles. The van der Waals surface area contributed by atoms with E-state index in [4.69, 9.17) is 19.9 Å². The maximum Gasteiger partial charge on any atom is 0.254 e. The number of aliphatic hydroxyl groups is 1. The van der Waals surface area contributed by atoms with Gasteiger partial charge >= 0.3 is 0 Å². The van der Waals surface area contributed by atoms with Gasteiger partial charge in [-0.15, -0.1) is 0 Å². The maximum absolute atomic E-state index is 13.5. The topological polar surface area (TPSA) is 112 Å². The van der Waals surface area contributed by atoms with Gasteiger partial charge in [-0.25, -0.2) is 4.98 Å². The van der Waals surface area contributed by atoms with Gasteiger partial charge in [0.05, 0.1) is 37.2 Å². The largest absolute Gasteiger partial charge is 0.494 e. The number of likely N-dealkylation sites (tertiary alicyclic amines) is 1. The molecule has 1 amide bonds. The zero-order chi connectivity index (χ0) is 24.3. The summed E-state index contributed by atoms with van der Waals surface area (Å²) in [6.45, 7) is 1.24. The molecular weight excluding hydrogens is 446 g/mol. The third-order valence-electron chi connectivity index (χ3n) is 7.48. The molecule has 9 heteroatoms. The van der Waals surface area contributed by atoms with Gasteiger partial charge < -0.3 is 34.0 Å². The summed E-state index contributed by atoms with van der Waals surface area (Å²) in [6.07, 6.45) is 5.67. The molecule has 4 heterocycles. The third kappa shape index (κ3) is 3.70. The van der Waals surface area contributed by atoms with Crippen LogP contribution in [-0.2, 0) is 13.6 Å². The van der Waals surface area contributed by atoms with Crippen molar-refractivity contribution in [1.82, 2.24) is 19.0 Å². The Morgan fingerprint density at radius 3 is 2.83 bits per heavy atom. The smallest absolute Gasteiger partial charge is 0.254 e. The van der Waals surface area contributed by atoms with E-state index in [0.29, 0.717) is 35.7 Å². The summed E-state index contributed by atoms with van der Waals surface area (Å²) in [6, 6.07) is 7.34. The number of piperidine rings is 1. The molecule has 3 N–H and O–H groups in total. The van der Waals surface area contributed by atoms with E-state index in [-0.39, 0.29) is 24.6 Å². The van der Waals surface area contributed by atoms with Crippen LogP contribution in [0, 0.1) is 5.92 Å². The van der Waals surface area contributed by atoms with Crippen LogP contribution in [0.1, 0.15) is 36.0 Å². The molecule has 9 nitrogen and oxygen atoms in total. The second kappa shape index (κ2) is 8.42. The predicted molar refractivity (Wildman–Crippen MR) is 132 cm³/mol. The van der Waals surface area contributed by atoms with Crippen molar-refractivity contribution in [3.63, 3.8) is 0 Å². The van der Waals surface area contributed by atoms with E-state index < -0.39 is 0 Å². The molecule has 4 aromatic rings. The average molecular weight is 478 g/mol. The molecule has 1 aliphatic carbocycles. The number of fused-ring (bicyclic) bond motifs is 2. The molecule has 35 heavy (non-hydrogen) atoms. The molecule has 184 valence electrons. The number of aryl methyl sites for hydroxylation is 1. The van der Waals surface area contributed by atoms with Gasteiger partial charge in [0.25, 0.3) is 5.91 Å². The second-order valence-electron chi connectivity index (χ2n) is 9.94. The van der Waals surface area contributed by atoms with Crippen molar-refractivity contribution >= 4 is 28.0 Å². The first-order valence-electron chi connectivity index (χ1n) is 12.3. The van der Waals surface area contributed by atoms with Gasteiger partial charge in [-0.05, 0) is 55.9 Å². The van der Waals surface area contributed by atoms with E-state index in [1.807, 2.05) is 23.7 Å². The number of amides is 1. The minimum absolute atomic E-state index is 0.0786. The maximum atomic E-state index is 13.5. The molecule has 2 aliphatic rings. The Morgan fingerprint density at radius 2 is 2.09 bits per heavy atom. The van der Waals surface area contributed by atoms with Crippen molar-refractivity contribution < 1.29 is 19.1 Å². The Bertz CT molecular complexity index is 1410. The number of imidazole rings is 1. The molecule has 1 aromatic carbocycles. The van der Waals surface area contributed by atoms with Gasteiger partial charge in [-0.3, -0.25) is 4.79 Å². The SMILES string of the molecule is COc1cc(C(=O)N2C[C@H](N)CC[C@@H]2CO)cc2nc(-c3cc4ccoc4n3CC3CC3)n(C)c12. The number of nitrogens with two attached hydrogens (primary N) is 1. The number of rotatable bonds is 6. The molecular formula is C26H31N5O4. The third-order valence-corrected chi connectivity index (χ3v) is 7.48. The van der Waals surface area contributed by atoms with Crippen LogP contribution in [0.3, 0.4) is 0 Å². The fourth-order valence-electron chi connectivity index (χ4n) is 5.38. The van der Waals surface area contributed by atoms with Crippen molar-refractivity contribution in [2.45, 2.75) is 44.3 Å². The number of nitrogens with zero attached hydrogens (tertiary/aromatic N) is 4. The Hall–Kier alpha value is -3.30. The summed E-state index contributed by atoms with van der Waals surface area (Å²) in [5, 5.41) is 10.9. The highest BCUT2D eigenvalue weighted by Gasteiger charge is 2.32. The van der Waals surface area contributed by atoms with Crippen LogP contribution in [-0.4, -0.2) is 62.4 Å². The number of carbonyl (C=O) groups is 1. The van der Waals surface area contributed by atoms with E-state index in [2.05, 4.69) is 10.6 Å². The highest BCUT2D eigenvalue weighted by Crippen LogP contribution is 2.38. The number of methoxy groups -OCH3 is 1. The van der Waals surface area contributed by atoms with Crippen molar-refractivity contribution in [3.8, 4) is 17.3 Å². The normalized spacial score (nSPS) is 20.7. The van der Waals surface area contributed by atoms with Crippen molar-refractivity contribution in [1.29, 1.82) is 0 Å². The molecule has 1 aliphatic heterocycles. The molecule has 2 fully saturated rings. The summed E-state index contributed by atoms with van der Waals surface area (Å²) in [5.74, 6) is 1.88. The molecule has 3 aromatic heterocycles. The van der Waals surface area contributed by atoms with E-state index >= 15 is 0 Å². The fraction of sp³-hybridized carbons (Fsp3) is 0.462.